The van der Waals surface area contributed by atoms with E-state index in [1.54, 1.807) is 30.0 Å². The van der Waals surface area contributed by atoms with Gasteiger partial charge in [0.05, 0.1) is 12.1 Å². The molecule has 2 aromatic carbocycles. The monoisotopic (exact) mass is 424 g/mol. The van der Waals surface area contributed by atoms with Crippen LogP contribution in [0.25, 0.3) is 0 Å². The smallest absolute Gasteiger partial charge is 0.256 e. The highest BCUT2D eigenvalue weighted by atomic mass is 16.5. The van der Waals surface area contributed by atoms with Crippen LogP contribution < -0.4 is 20.9 Å². The molecule has 1 atom stereocenters. The second kappa shape index (κ2) is 6.86. The molecule has 3 aromatic rings. The molecule has 1 aromatic heterocycles. The van der Waals surface area contributed by atoms with Crippen LogP contribution in [-0.2, 0) is 16.8 Å². The lowest BCUT2D eigenvalue weighted by Gasteiger charge is -2.33. The van der Waals surface area contributed by atoms with Crippen molar-refractivity contribution in [2.75, 3.05) is 4.90 Å². The molecule has 2 aliphatic heterocycles. The third-order valence-electron chi connectivity index (χ3n) is 6.21. The summed E-state index contributed by atoms with van der Waals surface area (Å²) in [4.78, 5) is 31.8. The first-order valence-electron chi connectivity index (χ1n) is 10.2. The topological polar surface area (TPSA) is 112 Å². The van der Waals surface area contributed by atoms with Gasteiger partial charge in [-0.05, 0) is 31.0 Å². The Morgan fingerprint density at radius 3 is 2.59 bits per heavy atom. The molecule has 7 heteroatoms. The summed E-state index contributed by atoms with van der Waals surface area (Å²) in [6.07, 6.45) is 0. The maximum absolute atomic E-state index is 14.2. The lowest BCUT2D eigenvalue weighted by Crippen LogP contribution is -2.48. The van der Waals surface area contributed by atoms with Crippen molar-refractivity contribution in [2.24, 2.45) is 5.73 Å². The Morgan fingerprint density at radius 2 is 1.84 bits per heavy atom. The van der Waals surface area contributed by atoms with E-state index in [-0.39, 0.29) is 22.8 Å². The number of rotatable bonds is 2. The van der Waals surface area contributed by atoms with Crippen LogP contribution in [0.3, 0.4) is 0 Å². The number of nitrogens with two attached hydrogens (primary N) is 1. The molecule has 1 amide bonds. The van der Waals surface area contributed by atoms with Gasteiger partial charge < -0.3 is 20.4 Å². The molecular formula is C25H20N4O3. The lowest BCUT2D eigenvalue weighted by molar-refractivity contribution is -0.121. The van der Waals surface area contributed by atoms with E-state index in [0.717, 1.165) is 11.1 Å². The van der Waals surface area contributed by atoms with Gasteiger partial charge in [-0.15, -0.1) is 0 Å². The van der Waals surface area contributed by atoms with Crippen molar-refractivity contribution in [3.05, 3.63) is 104 Å². The third-order valence-corrected chi connectivity index (χ3v) is 6.21. The molecule has 5 rings (SSSR count). The maximum Gasteiger partial charge on any atom is 0.256 e. The minimum Gasteiger partial charge on any atom is -0.440 e. The molecule has 0 saturated carbocycles. The van der Waals surface area contributed by atoms with Crippen molar-refractivity contribution in [1.29, 1.82) is 5.26 Å². The number of benzene rings is 2. The summed E-state index contributed by atoms with van der Waals surface area (Å²) in [5.41, 5.74) is 7.73. The first-order valence-corrected chi connectivity index (χ1v) is 10.2. The Hall–Kier alpha value is -4.31. The molecule has 7 nitrogen and oxygen atoms in total. The second-order valence-corrected chi connectivity index (χ2v) is 8.06. The highest BCUT2D eigenvalue weighted by molar-refractivity contribution is 6.14. The number of hydrogen-bond donors (Lipinski definition) is 2. The van der Waals surface area contributed by atoms with Gasteiger partial charge >= 0.3 is 0 Å². The third kappa shape index (κ3) is 2.47. The van der Waals surface area contributed by atoms with Gasteiger partial charge in [0.15, 0.2) is 5.41 Å². The molecule has 0 fully saturated rings. The molecule has 1 spiro atoms. The molecule has 0 aliphatic carbocycles. The van der Waals surface area contributed by atoms with Gasteiger partial charge in [-0.25, -0.2) is 0 Å². The maximum atomic E-state index is 14.2. The average Bonchev–Trinajstić information content (AvgIpc) is 2.98. The van der Waals surface area contributed by atoms with Crippen molar-refractivity contribution in [3.8, 4) is 11.8 Å². The highest BCUT2D eigenvalue weighted by Crippen LogP contribution is 2.54. The fourth-order valence-corrected chi connectivity index (χ4v) is 4.76. The quantitative estimate of drug-likeness (QED) is 0.657. The molecule has 32 heavy (non-hydrogen) atoms. The number of nitriles is 1. The number of aryl methyl sites for hydroxylation is 2. The first kappa shape index (κ1) is 19.6. The number of carbonyl (C=O) groups excluding carboxylic acids is 1. The number of para-hydroxylation sites is 1. The highest BCUT2D eigenvalue weighted by Gasteiger charge is 2.60. The fraction of sp³-hybridized carbons (Fsp3) is 0.160. The van der Waals surface area contributed by atoms with E-state index in [9.17, 15) is 14.9 Å². The Labute approximate surface area is 184 Å². The molecule has 1 unspecified atom stereocenters. The lowest BCUT2D eigenvalue weighted by atomic mass is 9.69. The van der Waals surface area contributed by atoms with Crippen LogP contribution in [0.1, 0.15) is 27.9 Å². The van der Waals surface area contributed by atoms with Gasteiger partial charge in [0, 0.05) is 23.0 Å². The van der Waals surface area contributed by atoms with Crippen LogP contribution in [0.5, 0.6) is 5.75 Å². The molecule has 3 N–H and O–H groups in total. The van der Waals surface area contributed by atoms with Gasteiger partial charge in [0.2, 0.25) is 11.8 Å². The Balaban J connectivity index is 1.84. The van der Waals surface area contributed by atoms with Gasteiger partial charge in [0.1, 0.15) is 17.4 Å². The first-order chi connectivity index (χ1) is 15.4. The summed E-state index contributed by atoms with van der Waals surface area (Å²) in [5, 5.41) is 10.1. The van der Waals surface area contributed by atoms with E-state index in [1.807, 2.05) is 43.3 Å². The van der Waals surface area contributed by atoms with E-state index in [2.05, 4.69) is 11.1 Å². The minimum absolute atomic E-state index is 0.0795. The summed E-state index contributed by atoms with van der Waals surface area (Å²) in [7, 11) is 0. The van der Waals surface area contributed by atoms with Crippen molar-refractivity contribution in [3.63, 3.8) is 0 Å². The van der Waals surface area contributed by atoms with Crippen molar-refractivity contribution < 1.29 is 9.53 Å². The number of H-pyrrole nitrogens is 1. The number of anilines is 1. The molecule has 0 bridgehead atoms. The number of ether oxygens (including phenoxy) is 1. The number of carbonyl (C=O) groups is 1. The number of aromatic nitrogens is 1. The Kier molecular flexibility index (Phi) is 4.21. The molecular weight excluding hydrogens is 404 g/mol. The number of pyridine rings is 1. The number of nitrogens with zero attached hydrogens (tertiary/aromatic N) is 2. The normalized spacial score (nSPS) is 18.9. The number of nitrogens with one attached hydrogen (secondary N) is 1. The zero-order valence-corrected chi connectivity index (χ0v) is 17.6. The SMILES string of the molecule is Cc1cc2c(c(=O)[nH]1)C1(C(=O)N(Cc3ccccc3C)c3ccccc31)C(C#N)=C(N)O2. The summed E-state index contributed by atoms with van der Waals surface area (Å²) in [6.45, 7) is 3.99. The fourth-order valence-electron chi connectivity index (χ4n) is 4.76. The van der Waals surface area contributed by atoms with E-state index in [0.29, 0.717) is 23.5 Å². The predicted octanol–water partition coefficient (Wildman–Crippen LogP) is 2.91. The van der Waals surface area contributed by atoms with Gasteiger partial charge in [-0.3, -0.25) is 9.59 Å². The summed E-state index contributed by atoms with van der Waals surface area (Å²) < 4.78 is 5.66. The van der Waals surface area contributed by atoms with Gasteiger partial charge in [-0.1, -0.05) is 42.5 Å². The van der Waals surface area contributed by atoms with E-state index in [4.69, 9.17) is 10.5 Å². The minimum atomic E-state index is -1.67. The van der Waals surface area contributed by atoms with Gasteiger partial charge in [-0.2, -0.15) is 5.26 Å². The second-order valence-electron chi connectivity index (χ2n) is 8.06. The summed E-state index contributed by atoms with van der Waals surface area (Å²) >= 11 is 0. The van der Waals surface area contributed by atoms with Crippen LogP contribution in [0, 0.1) is 25.2 Å². The Morgan fingerprint density at radius 1 is 1.12 bits per heavy atom. The van der Waals surface area contributed by atoms with E-state index >= 15 is 0 Å². The molecule has 0 radical (unpaired) electrons. The number of aromatic amines is 1. The number of fused-ring (bicyclic) bond motifs is 4. The van der Waals surface area contributed by atoms with Crippen LogP contribution in [0.2, 0.25) is 0 Å². The van der Waals surface area contributed by atoms with Crippen molar-refractivity contribution in [1.82, 2.24) is 4.98 Å². The predicted molar refractivity (Wildman–Crippen MR) is 119 cm³/mol. The van der Waals surface area contributed by atoms with Crippen LogP contribution in [-0.4, -0.2) is 10.9 Å². The Bertz CT molecular complexity index is 1430. The van der Waals surface area contributed by atoms with Crippen molar-refractivity contribution >= 4 is 11.6 Å². The number of hydrogen-bond acceptors (Lipinski definition) is 5. The standard InChI is InChI=1S/C25H20N4O3/c1-14-7-3-4-8-16(14)13-29-19-10-6-5-9-17(19)25(24(29)31)18(12-26)22(27)32-20-11-15(2)28-23(30)21(20)25/h3-11H,13,27H2,1-2H3,(H,28,30). The largest absolute Gasteiger partial charge is 0.440 e. The molecule has 2 aliphatic rings. The summed E-state index contributed by atoms with van der Waals surface area (Å²) in [5.74, 6) is -0.394. The van der Waals surface area contributed by atoms with Crippen molar-refractivity contribution in [2.45, 2.75) is 25.8 Å². The molecule has 3 heterocycles. The van der Waals surface area contributed by atoms with Crippen LogP contribution in [0.15, 0.2) is 70.8 Å². The zero-order valence-electron chi connectivity index (χ0n) is 17.6. The average molecular weight is 424 g/mol. The van der Waals surface area contributed by atoms with E-state index in [1.165, 1.54) is 0 Å². The number of amides is 1. The molecule has 158 valence electrons. The van der Waals surface area contributed by atoms with Crippen LogP contribution >= 0.6 is 0 Å². The van der Waals surface area contributed by atoms with Gasteiger partial charge in [0.25, 0.3) is 5.56 Å². The van der Waals surface area contributed by atoms with E-state index < -0.39 is 16.9 Å². The summed E-state index contributed by atoms with van der Waals surface area (Å²) in [6, 6.07) is 18.7. The molecule has 0 saturated heterocycles. The van der Waals surface area contributed by atoms with Crippen LogP contribution in [0.4, 0.5) is 5.69 Å². The zero-order chi connectivity index (χ0) is 22.6.